The Morgan fingerprint density at radius 2 is 1.57 bits per heavy atom. The fourth-order valence-corrected chi connectivity index (χ4v) is 2.52. The van der Waals surface area contributed by atoms with Crippen molar-refractivity contribution in [2.75, 3.05) is 32.8 Å². The zero-order chi connectivity index (χ0) is 16.7. The third kappa shape index (κ3) is 4.81. The van der Waals surface area contributed by atoms with Gasteiger partial charge in [-0.3, -0.25) is 14.4 Å². The van der Waals surface area contributed by atoms with Crippen LogP contribution in [-0.4, -0.2) is 60.4 Å². The molecule has 0 aliphatic carbocycles. The second kappa shape index (κ2) is 8.31. The van der Waals surface area contributed by atoms with Gasteiger partial charge >= 0.3 is 5.97 Å². The molecule has 1 heterocycles. The van der Waals surface area contributed by atoms with Gasteiger partial charge in [0.2, 0.25) is 5.91 Å². The topological polar surface area (TPSA) is 66.9 Å². The second-order valence-corrected chi connectivity index (χ2v) is 5.34. The fraction of sp³-hybridized carbons (Fsp3) is 0.471. The molecule has 6 heteroatoms. The highest BCUT2D eigenvalue weighted by molar-refractivity contribution is 5.94. The van der Waals surface area contributed by atoms with Crippen LogP contribution in [0.3, 0.4) is 0 Å². The summed E-state index contributed by atoms with van der Waals surface area (Å²) in [4.78, 5) is 39.1. The van der Waals surface area contributed by atoms with Crippen LogP contribution < -0.4 is 0 Å². The summed E-state index contributed by atoms with van der Waals surface area (Å²) in [7, 11) is 0. The van der Waals surface area contributed by atoms with Crippen LogP contribution in [0.2, 0.25) is 0 Å². The quantitative estimate of drug-likeness (QED) is 0.768. The van der Waals surface area contributed by atoms with E-state index in [-0.39, 0.29) is 30.6 Å². The molecule has 0 saturated carbocycles. The van der Waals surface area contributed by atoms with E-state index >= 15 is 0 Å². The molecule has 0 atom stereocenters. The highest BCUT2D eigenvalue weighted by Gasteiger charge is 2.24. The van der Waals surface area contributed by atoms with E-state index < -0.39 is 0 Å². The number of esters is 1. The maximum Gasteiger partial charge on any atom is 0.306 e. The van der Waals surface area contributed by atoms with Crippen molar-refractivity contribution in [3.8, 4) is 0 Å². The maximum absolute atomic E-state index is 12.3. The molecule has 0 N–H and O–H groups in total. The van der Waals surface area contributed by atoms with E-state index in [0.717, 1.165) is 0 Å². The largest absolute Gasteiger partial charge is 0.466 e. The van der Waals surface area contributed by atoms with Gasteiger partial charge in [0.25, 0.3) is 5.91 Å². The molecule has 0 unspecified atom stereocenters. The average Bonchev–Trinajstić information content (AvgIpc) is 2.60. The van der Waals surface area contributed by atoms with Gasteiger partial charge in [-0.05, 0) is 19.1 Å². The van der Waals surface area contributed by atoms with Crippen LogP contribution in [0.1, 0.15) is 30.1 Å². The first-order valence-electron chi connectivity index (χ1n) is 7.89. The van der Waals surface area contributed by atoms with Crippen LogP contribution in [0.4, 0.5) is 0 Å². The minimum atomic E-state index is -0.348. The molecule has 124 valence electrons. The number of hydrogen-bond acceptors (Lipinski definition) is 4. The SMILES string of the molecule is CCOC(=O)CCC(=O)N1CCN(C(=O)c2ccccc2)CC1. The lowest BCUT2D eigenvalue weighted by Gasteiger charge is -2.34. The molecular formula is C17H22N2O4. The Kier molecular flexibility index (Phi) is 6.14. The lowest BCUT2D eigenvalue weighted by Crippen LogP contribution is -2.50. The Labute approximate surface area is 136 Å². The number of rotatable bonds is 5. The van der Waals surface area contributed by atoms with Crippen LogP contribution >= 0.6 is 0 Å². The van der Waals surface area contributed by atoms with Gasteiger partial charge in [-0.25, -0.2) is 0 Å². The van der Waals surface area contributed by atoms with E-state index in [2.05, 4.69) is 0 Å². The lowest BCUT2D eigenvalue weighted by molar-refractivity contribution is -0.146. The first-order valence-corrected chi connectivity index (χ1v) is 7.89. The van der Waals surface area contributed by atoms with Crippen LogP contribution in [0.5, 0.6) is 0 Å². The van der Waals surface area contributed by atoms with Crippen molar-refractivity contribution in [1.82, 2.24) is 9.80 Å². The van der Waals surface area contributed by atoms with Gasteiger partial charge in [0, 0.05) is 38.2 Å². The molecule has 1 aromatic carbocycles. The number of piperazine rings is 1. The standard InChI is InChI=1S/C17H22N2O4/c1-2-23-16(21)9-8-15(20)18-10-12-19(13-11-18)17(22)14-6-4-3-5-7-14/h3-7H,2,8-13H2,1H3. The second-order valence-electron chi connectivity index (χ2n) is 5.34. The third-order valence-corrected chi connectivity index (χ3v) is 3.79. The summed E-state index contributed by atoms with van der Waals surface area (Å²) in [5.74, 6) is -0.423. The molecule has 1 fully saturated rings. The van der Waals surface area contributed by atoms with Crippen molar-refractivity contribution >= 4 is 17.8 Å². The first kappa shape index (κ1) is 17.0. The zero-order valence-corrected chi connectivity index (χ0v) is 13.4. The minimum Gasteiger partial charge on any atom is -0.466 e. The Bertz CT molecular complexity index is 551. The molecule has 1 aromatic rings. The Hall–Kier alpha value is -2.37. The normalized spacial score (nSPS) is 14.5. The van der Waals surface area contributed by atoms with E-state index in [9.17, 15) is 14.4 Å². The fourth-order valence-electron chi connectivity index (χ4n) is 2.52. The van der Waals surface area contributed by atoms with Gasteiger partial charge in [-0.1, -0.05) is 18.2 Å². The van der Waals surface area contributed by atoms with Crippen molar-refractivity contribution in [1.29, 1.82) is 0 Å². The van der Waals surface area contributed by atoms with Crippen molar-refractivity contribution in [2.45, 2.75) is 19.8 Å². The summed E-state index contributed by atoms with van der Waals surface area (Å²) in [6.07, 6.45) is 0.265. The number of carbonyl (C=O) groups is 3. The van der Waals surface area contributed by atoms with Crippen molar-refractivity contribution in [3.05, 3.63) is 35.9 Å². The van der Waals surface area contributed by atoms with Crippen molar-refractivity contribution in [3.63, 3.8) is 0 Å². The summed E-state index contributed by atoms with van der Waals surface area (Å²) < 4.78 is 4.81. The summed E-state index contributed by atoms with van der Waals surface area (Å²) in [5.41, 5.74) is 0.662. The van der Waals surface area contributed by atoms with Gasteiger partial charge in [0.1, 0.15) is 0 Å². The highest BCUT2D eigenvalue weighted by atomic mass is 16.5. The minimum absolute atomic E-state index is 0.00998. The first-order chi connectivity index (χ1) is 11.1. The molecule has 6 nitrogen and oxygen atoms in total. The molecule has 0 radical (unpaired) electrons. The maximum atomic E-state index is 12.3. The molecule has 2 amide bonds. The van der Waals surface area contributed by atoms with Crippen molar-refractivity contribution < 1.29 is 19.1 Å². The molecular weight excluding hydrogens is 296 g/mol. The van der Waals surface area contributed by atoms with Crippen LogP contribution in [0.15, 0.2) is 30.3 Å². The molecule has 0 bridgehead atoms. The van der Waals surface area contributed by atoms with Gasteiger partial charge in [-0.2, -0.15) is 0 Å². The van der Waals surface area contributed by atoms with Gasteiger partial charge < -0.3 is 14.5 Å². The van der Waals surface area contributed by atoms with E-state index in [1.165, 1.54) is 0 Å². The Balaban J connectivity index is 1.78. The summed E-state index contributed by atoms with van der Waals surface area (Å²) in [5, 5.41) is 0. The Morgan fingerprint density at radius 1 is 0.957 bits per heavy atom. The monoisotopic (exact) mass is 318 g/mol. The number of carbonyl (C=O) groups excluding carboxylic acids is 3. The summed E-state index contributed by atoms with van der Waals surface area (Å²) >= 11 is 0. The third-order valence-electron chi connectivity index (χ3n) is 3.79. The van der Waals surface area contributed by atoms with Gasteiger partial charge in [-0.15, -0.1) is 0 Å². The van der Waals surface area contributed by atoms with Crippen LogP contribution in [0, 0.1) is 0 Å². The average molecular weight is 318 g/mol. The number of benzene rings is 1. The molecule has 1 aliphatic rings. The highest BCUT2D eigenvalue weighted by Crippen LogP contribution is 2.10. The van der Waals surface area contributed by atoms with E-state index in [0.29, 0.717) is 38.3 Å². The molecule has 23 heavy (non-hydrogen) atoms. The summed E-state index contributed by atoms with van der Waals surface area (Å²) in [6, 6.07) is 9.13. The van der Waals surface area contributed by atoms with E-state index in [1.807, 2.05) is 18.2 Å². The zero-order valence-electron chi connectivity index (χ0n) is 13.4. The van der Waals surface area contributed by atoms with E-state index in [1.54, 1.807) is 28.9 Å². The number of ether oxygens (including phenoxy) is 1. The van der Waals surface area contributed by atoms with Crippen LogP contribution in [-0.2, 0) is 14.3 Å². The molecule has 1 aliphatic heterocycles. The van der Waals surface area contributed by atoms with Gasteiger partial charge in [0.05, 0.1) is 13.0 Å². The predicted octanol–water partition coefficient (Wildman–Crippen LogP) is 1.31. The number of amides is 2. The predicted molar refractivity (Wildman–Crippen MR) is 84.8 cm³/mol. The lowest BCUT2D eigenvalue weighted by atomic mass is 10.1. The van der Waals surface area contributed by atoms with Crippen molar-refractivity contribution in [2.24, 2.45) is 0 Å². The van der Waals surface area contributed by atoms with Crippen LogP contribution in [0.25, 0.3) is 0 Å². The molecule has 2 rings (SSSR count). The molecule has 0 aromatic heterocycles. The Morgan fingerprint density at radius 3 is 2.17 bits per heavy atom. The van der Waals surface area contributed by atoms with Gasteiger partial charge in [0.15, 0.2) is 0 Å². The van der Waals surface area contributed by atoms with E-state index in [4.69, 9.17) is 4.74 Å². The smallest absolute Gasteiger partial charge is 0.306 e. The molecule has 1 saturated heterocycles. The number of hydrogen-bond donors (Lipinski definition) is 0. The molecule has 0 spiro atoms. The summed E-state index contributed by atoms with van der Waals surface area (Å²) in [6.45, 7) is 4.09. The number of nitrogens with zero attached hydrogens (tertiary/aromatic N) is 2.